The Hall–Kier alpha value is -2.68. The third-order valence-corrected chi connectivity index (χ3v) is 5.04. The van der Waals surface area contributed by atoms with E-state index in [9.17, 15) is 31.9 Å². The van der Waals surface area contributed by atoms with Crippen molar-refractivity contribution in [3.63, 3.8) is 0 Å². The van der Waals surface area contributed by atoms with E-state index in [1.165, 1.54) is 36.4 Å². The lowest BCUT2D eigenvalue weighted by Crippen LogP contribution is -2.51. The molecule has 9 heteroatoms. The van der Waals surface area contributed by atoms with E-state index in [-0.39, 0.29) is 22.6 Å². The number of anilines is 1. The summed E-state index contributed by atoms with van der Waals surface area (Å²) in [6.45, 7) is -2.77. The van der Waals surface area contributed by atoms with Crippen molar-refractivity contribution in [2.45, 2.75) is 17.4 Å². The number of hydrogen-bond donors (Lipinski definition) is 2. The van der Waals surface area contributed by atoms with Crippen LogP contribution in [0.15, 0.2) is 42.5 Å². The monoisotopic (exact) mass is 384 g/mol. The Balaban J connectivity index is 1.98. The molecule has 0 aromatic heterocycles. The maximum Gasteiger partial charge on any atom is 0.323 e. The fourth-order valence-corrected chi connectivity index (χ4v) is 3.77. The molecule has 27 heavy (non-hydrogen) atoms. The molecule has 2 aromatic rings. The lowest BCUT2D eigenvalue weighted by molar-refractivity contribution is -0.172. The van der Waals surface area contributed by atoms with Gasteiger partial charge in [-0.05, 0) is 23.8 Å². The summed E-state index contributed by atoms with van der Waals surface area (Å²) in [5.41, 5.74) is -2.29. The van der Waals surface area contributed by atoms with Gasteiger partial charge in [0, 0.05) is 5.56 Å². The molecule has 0 bridgehead atoms. The van der Waals surface area contributed by atoms with Crippen molar-refractivity contribution in [2.75, 3.05) is 18.4 Å². The van der Waals surface area contributed by atoms with E-state index in [4.69, 9.17) is 0 Å². The standard InChI is InChI=1S/C18H13F5N2O2/c19-13-3-1-2-12-14(13)24-15(27)18(12,10-4-6-11(26)7-5-10)25-8-16(20,21)17(22,23)9-25/h1-7,26H,8-9H2,(H,24,27). The predicted molar refractivity (Wildman–Crippen MR) is 85.4 cm³/mol. The second-order valence-corrected chi connectivity index (χ2v) is 6.64. The lowest BCUT2D eigenvalue weighted by atomic mass is 9.82. The first-order chi connectivity index (χ1) is 12.6. The molecule has 2 N–H and O–H groups in total. The number of phenolic OH excluding ortho intramolecular Hbond substituents is 1. The highest BCUT2D eigenvalue weighted by Crippen LogP contribution is 2.52. The first kappa shape index (κ1) is 17.7. The van der Waals surface area contributed by atoms with Crippen molar-refractivity contribution < 1.29 is 31.9 Å². The van der Waals surface area contributed by atoms with Gasteiger partial charge in [0.1, 0.15) is 11.6 Å². The van der Waals surface area contributed by atoms with Crippen LogP contribution >= 0.6 is 0 Å². The molecule has 1 amide bonds. The molecule has 1 saturated heterocycles. The fraction of sp³-hybridized carbons (Fsp3) is 0.278. The van der Waals surface area contributed by atoms with Crippen molar-refractivity contribution >= 4 is 11.6 Å². The average Bonchev–Trinajstić information content (AvgIpc) is 3.00. The molecule has 0 radical (unpaired) electrons. The summed E-state index contributed by atoms with van der Waals surface area (Å²) >= 11 is 0. The highest BCUT2D eigenvalue weighted by atomic mass is 19.3. The number of carbonyl (C=O) groups excluding carboxylic acids is 1. The molecule has 2 aliphatic heterocycles. The number of nitrogens with zero attached hydrogens (tertiary/aromatic N) is 1. The van der Waals surface area contributed by atoms with E-state index in [1.807, 2.05) is 0 Å². The number of phenols is 1. The molecule has 4 rings (SSSR count). The molecule has 0 saturated carbocycles. The van der Waals surface area contributed by atoms with Crippen LogP contribution in [0.3, 0.4) is 0 Å². The smallest absolute Gasteiger partial charge is 0.323 e. The molecule has 0 spiro atoms. The van der Waals surface area contributed by atoms with E-state index in [0.717, 1.165) is 6.07 Å². The van der Waals surface area contributed by atoms with Gasteiger partial charge in [-0.1, -0.05) is 24.3 Å². The normalized spacial score (nSPS) is 26.0. The molecule has 1 atom stereocenters. The van der Waals surface area contributed by atoms with Crippen LogP contribution in [0.2, 0.25) is 0 Å². The minimum atomic E-state index is -4.35. The van der Waals surface area contributed by atoms with Crippen LogP contribution in [0.1, 0.15) is 11.1 Å². The highest BCUT2D eigenvalue weighted by Gasteiger charge is 2.68. The van der Waals surface area contributed by atoms with Gasteiger partial charge in [0.15, 0.2) is 5.54 Å². The van der Waals surface area contributed by atoms with Crippen molar-refractivity contribution in [2.24, 2.45) is 0 Å². The molecule has 2 heterocycles. The summed E-state index contributed by atoms with van der Waals surface area (Å²) in [5, 5.41) is 11.8. The van der Waals surface area contributed by atoms with Gasteiger partial charge in [0.2, 0.25) is 0 Å². The Morgan fingerprint density at radius 3 is 2.15 bits per heavy atom. The summed E-state index contributed by atoms with van der Waals surface area (Å²) in [6, 6.07) is 8.61. The molecular formula is C18H13F5N2O2. The first-order valence-corrected chi connectivity index (χ1v) is 8.00. The molecule has 1 fully saturated rings. The second-order valence-electron chi connectivity index (χ2n) is 6.64. The first-order valence-electron chi connectivity index (χ1n) is 8.00. The fourth-order valence-electron chi connectivity index (χ4n) is 3.77. The number of benzene rings is 2. The summed E-state index contributed by atoms with van der Waals surface area (Å²) < 4.78 is 69.9. The van der Waals surface area contributed by atoms with Gasteiger partial charge in [-0.15, -0.1) is 0 Å². The summed E-state index contributed by atoms with van der Waals surface area (Å²) in [7, 11) is 0. The van der Waals surface area contributed by atoms with Gasteiger partial charge in [0.25, 0.3) is 5.91 Å². The number of likely N-dealkylation sites (tertiary alicyclic amines) is 1. The van der Waals surface area contributed by atoms with Gasteiger partial charge < -0.3 is 10.4 Å². The van der Waals surface area contributed by atoms with Crippen molar-refractivity contribution in [3.8, 4) is 5.75 Å². The second kappa shape index (κ2) is 5.41. The largest absolute Gasteiger partial charge is 0.508 e. The SMILES string of the molecule is O=C1Nc2c(F)cccc2C1(c1ccc(O)cc1)N1CC(F)(F)C(F)(F)C1. The highest BCUT2D eigenvalue weighted by molar-refractivity contribution is 6.08. The van der Waals surface area contributed by atoms with E-state index >= 15 is 0 Å². The molecule has 2 aliphatic rings. The molecular weight excluding hydrogens is 371 g/mol. The van der Waals surface area contributed by atoms with Crippen LogP contribution in [0.25, 0.3) is 0 Å². The van der Waals surface area contributed by atoms with Gasteiger partial charge in [-0.2, -0.15) is 17.6 Å². The Morgan fingerprint density at radius 1 is 0.963 bits per heavy atom. The zero-order chi connectivity index (χ0) is 19.6. The Labute approximate surface area is 150 Å². The number of hydrogen-bond acceptors (Lipinski definition) is 3. The molecule has 2 aromatic carbocycles. The number of nitrogens with one attached hydrogen (secondary N) is 1. The minimum absolute atomic E-state index is 0.0355. The number of rotatable bonds is 2. The molecule has 4 nitrogen and oxygen atoms in total. The maximum absolute atomic E-state index is 14.2. The van der Waals surface area contributed by atoms with Crippen molar-refractivity contribution in [3.05, 3.63) is 59.4 Å². The van der Waals surface area contributed by atoms with Crippen LogP contribution in [0.5, 0.6) is 5.75 Å². The lowest BCUT2D eigenvalue weighted by Gasteiger charge is -2.37. The predicted octanol–water partition coefficient (Wildman–Crippen LogP) is 3.31. The zero-order valence-electron chi connectivity index (χ0n) is 13.6. The minimum Gasteiger partial charge on any atom is -0.508 e. The van der Waals surface area contributed by atoms with Crippen LogP contribution < -0.4 is 5.32 Å². The summed E-state index contributed by atoms with van der Waals surface area (Å²) in [4.78, 5) is 13.6. The van der Waals surface area contributed by atoms with Crippen molar-refractivity contribution in [1.82, 2.24) is 4.90 Å². The topological polar surface area (TPSA) is 52.6 Å². The van der Waals surface area contributed by atoms with E-state index in [0.29, 0.717) is 4.90 Å². The number of para-hydroxylation sites is 1. The van der Waals surface area contributed by atoms with Gasteiger partial charge in [-0.3, -0.25) is 9.69 Å². The van der Waals surface area contributed by atoms with Gasteiger partial charge in [0.05, 0.1) is 18.8 Å². The summed E-state index contributed by atoms with van der Waals surface area (Å²) in [5.74, 6) is -10.6. The van der Waals surface area contributed by atoms with Gasteiger partial charge >= 0.3 is 11.8 Å². The van der Waals surface area contributed by atoms with Crippen LogP contribution in [-0.4, -0.2) is 40.8 Å². The number of aromatic hydroxyl groups is 1. The molecule has 1 unspecified atom stereocenters. The van der Waals surface area contributed by atoms with E-state index in [1.54, 1.807) is 0 Å². The molecule has 0 aliphatic carbocycles. The maximum atomic E-state index is 14.2. The van der Waals surface area contributed by atoms with Gasteiger partial charge in [-0.25, -0.2) is 4.39 Å². The number of fused-ring (bicyclic) bond motifs is 1. The van der Waals surface area contributed by atoms with Crippen molar-refractivity contribution in [1.29, 1.82) is 0 Å². The quantitative estimate of drug-likeness (QED) is 0.782. The number of alkyl halides is 4. The number of amides is 1. The Morgan fingerprint density at radius 2 is 1.56 bits per heavy atom. The number of halogens is 5. The molecule has 142 valence electrons. The zero-order valence-corrected chi connectivity index (χ0v) is 13.6. The third-order valence-electron chi connectivity index (χ3n) is 5.04. The Bertz CT molecular complexity index is 916. The Kier molecular flexibility index (Phi) is 3.55. The summed E-state index contributed by atoms with van der Waals surface area (Å²) in [6.07, 6.45) is 0. The van der Waals surface area contributed by atoms with E-state index in [2.05, 4.69) is 5.32 Å². The van der Waals surface area contributed by atoms with Crippen LogP contribution in [-0.2, 0) is 10.3 Å². The van der Waals surface area contributed by atoms with Crippen LogP contribution in [0, 0.1) is 5.82 Å². The third kappa shape index (κ3) is 2.27. The number of carbonyl (C=O) groups is 1. The van der Waals surface area contributed by atoms with Crippen LogP contribution in [0.4, 0.5) is 27.6 Å². The van der Waals surface area contributed by atoms with E-state index < -0.39 is 42.2 Å². The average molecular weight is 384 g/mol.